The van der Waals surface area contributed by atoms with Gasteiger partial charge in [-0.25, -0.2) is 9.18 Å². The summed E-state index contributed by atoms with van der Waals surface area (Å²) in [6.45, 7) is 7.01. The molecule has 0 aliphatic rings. The van der Waals surface area contributed by atoms with E-state index in [2.05, 4.69) is 5.32 Å². The number of carboxylic acids is 1. The number of anilines is 1. The monoisotopic (exact) mass is 444 g/mol. The maximum absolute atomic E-state index is 15.4. The number of nitrogens with one attached hydrogen (secondary N) is 2. The molecule has 8 heteroatoms. The summed E-state index contributed by atoms with van der Waals surface area (Å²) in [5, 5.41) is 20.2. The highest BCUT2D eigenvalue weighted by atomic mass is 19.1. The van der Waals surface area contributed by atoms with Crippen molar-refractivity contribution in [3.63, 3.8) is 0 Å². The number of carboxylic acid groups (broad SMARTS) is 1. The average molecular weight is 445 g/mol. The van der Waals surface area contributed by atoms with Gasteiger partial charge in [-0.05, 0) is 62.5 Å². The second kappa shape index (κ2) is 10.5. The molecule has 0 saturated carbocycles. The number of nitrogens with two attached hydrogens (primary N) is 1. The molecule has 0 bridgehead atoms. The molecule has 0 radical (unpaired) electrons. The Balaban J connectivity index is 2.36. The highest BCUT2D eigenvalue weighted by Gasteiger charge is 2.27. The van der Waals surface area contributed by atoms with E-state index in [1.807, 2.05) is 39.8 Å². The average Bonchev–Trinajstić information content (AvgIpc) is 2.70. The zero-order chi connectivity index (χ0) is 24.1. The first kappa shape index (κ1) is 25.1. The Hall–Kier alpha value is -3.13. The molecular formula is C24H33FN4O3. The second-order valence-corrected chi connectivity index (χ2v) is 8.95. The van der Waals surface area contributed by atoms with E-state index >= 15 is 4.39 Å². The Morgan fingerprint density at radius 2 is 1.91 bits per heavy atom. The van der Waals surface area contributed by atoms with Gasteiger partial charge in [0, 0.05) is 28.8 Å². The topological polar surface area (TPSA) is 112 Å². The van der Waals surface area contributed by atoms with E-state index in [0.717, 1.165) is 12.1 Å². The van der Waals surface area contributed by atoms with Crippen LogP contribution in [0.15, 0.2) is 36.4 Å². The van der Waals surface area contributed by atoms with Gasteiger partial charge in [-0.3, -0.25) is 5.41 Å². The summed E-state index contributed by atoms with van der Waals surface area (Å²) >= 11 is 0. The van der Waals surface area contributed by atoms with Crippen molar-refractivity contribution in [1.29, 1.82) is 5.41 Å². The SMILES string of the molecule is CCc1cc(OCC(C)(C)CN(C)C)c(F)c([C@@H](Nc2ccc(C(=N)N)cc2)C(=O)O)c1. The number of carbonyl (C=O) groups is 1. The lowest BCUT2D eigenvalue weighted by atomic mass is 9.94. The minimum Gasteiger partial charge on any atom is -0.490 e. The Bertz CT molecular complexity index is 958. The summed E-state index contributed by atoms with van der Waals surface area (Å²) in [4.78, 5) is 14.1. The summed E-state index contributed by atoms with van der Waals surface area (Å²) in [6.07, 6.45) is 0.602. The predicted octanol–water partition coefficient (Wildman–Crippen LogP) is 3.88. The third-order valence-electron chi connectivity index (χ3n) is 4.96. The van der Waals surface area contributed by atoms with E-state index in [4.69, 9.17) is 15.9 Å². The molecule has 0 aliphatic carbocycles. The molecular weight excluding hydrogens is 411 g/mol. The van der Waals surface area contributed by atoms with Gasteiger partial charge in [0.15, 0.2) is 17.6 Å². The third-order valence-corrected chi connectivity index (χ3v) is 4.96. The number of aryl methyl sites for hydroxylation is 1. The molecule has 0 amide bonds. The van der Waals surface area contributed by atoms with Crippen LogP contribution in [0.5, 0.6) is 5.75 Å². The maximum Gasteiger partial charge on any atom is 0.330 e. The predicted molar refractivity (Wildman–Crippen MR) is 125 cm³/mol. The molecule has 174 valence electrons. The zero-order valence-electron chi connectivity index (χ0n) is 19.3. The molecule has 1 atom stereocenters. The molecule has 2 rings (SSSR count). The van der Waals surface area contributed by atoms with Crippen molar-refractivity contribution in [2.45, 2.75) is 33.2 Å². The molecule has 0 unspecified atom stereocenters. The van der Waals surface area contributed by atoms with Gasteiger partial charge in [-0.2, -0.15) is 0 Å². The molecule has 0 fully saturated rings. The lowest BCUT2D eigenvalue weighted by Gasteiger charge is -2.28. The first-order valence-electron chi connectivity index (χ1n) is 10.5. The summed E-state index contributed by atoms with van der Waals surface area (Å²) in [5.41, 5.74) is 7.01. The quantitative estimate of drug-likeness (QED) is 0.309. The minimum atomic E-state index is -1.32. The Kier molecular flexibility index (Phi) is 8.21. The fourth-order valence-corrected chi connectivity index (χ4v) is 3.56. The van der Waals surface area contributed by atoms with E-state index in [-0.39, 0.29) is 29.2 Å². The molecule has 2 aromatic rings. The van der Waals surface area contributed by atoms with Crippen molar-refractivity contribution < 1.29 is 19.0 Å². The molecule has 0 spiro atoms. The van der Waals surface area contributed by atoms with Gasteiger partial charge >= 0.3 is 5.97 Å². The van der Waals surface area contributed by atoms with E-state index in [1.165, 1.54) is 0 Å². The number of amidine groups is 1. The number of nitrogens with zero attached hydrogens (tertiary/aromatic N) is 1. The van der Waals surface area contributed by atoms with Crippen molar-refractivity contribution in [3.05, 3.63) is 58.9 Å². The van der Waals surface area contributed by atoms with Crippen LogP contribution in [0, 0.1) is 16.6 Å². The summed E-state index contributed by atoms with van der Waals surface area (Å²) in [7, 11) is 3.93. The van der Waals surface area contributed by atoms with Crippen molar-refractivity contribution in [1.82, 2.24) is 4.90 Å². The first-order valence-corrected chi connectivity index (χ1v) is 10.5. The smallest absolute Gasteiger partial charge is 0.330 e. The van der Waals surface area contributed by atoms with Gasteiger partial charge in [0.2, 0.25) is 0 Å². The van der Waals surface area contributed by atoms with Gasteiger partial charge in [-0.15, -0.1) is 0 Å². The Labute approximate surface area is 188 Å². The molecule has 5 N–H and O–H groups in total. The highest BCUT2D eigenvalue weighted by molar-refractivity contribution is 5.95. The summed E-state index contributed by atoms with van der Waals surface area (Å²) in [6, 6.07) is 8.29. The zero-order valence-corrected chi connectivity index (χ0v) is 19.3. The minimum absolute atomic E-state index is 0.00732. The van der Waals surface area contributed by atoms with Crippen LogP contribution < -0.4 is 15.8 Å². The number of benzene rings is 2. The molecule has 0 heterocycles. The number of halogens is 1. The van der Waals surface area contributed by atoms with Crippen molar-refractivity contribution in [2.75, 3.05) is 32.6 Å². The fraction of sp³-hybridized carbons (Fsp3) is 0.417. The Morgan fingerprint density at radius 3 is 2.41 bits per heavy atom. The lowest BCUT2D eigenvalue weighted by molar-refractivity contribution is -0.138. The van der Waals surface area contributed by atoms with Gasteiger partial charge in [0.05, 0.1) is 6.61 Å². The maximum atomic E-state index is 15.4. The summed E-state index contributed by atoms with van der Waals surface area (Å²) in [5.74, 6) is -1.95. The van der Waals surface area contributed by atoms with Gasteiger partial charge in [0.1, 0.15) is 5.84 Å². The van der Waals surface area contributed by atoms with Crippen molar-refractivity contribution in [2.24, 2.45) is 11.1 Å². The Morgan fingerprint density at radius 1 is 1.28 bits per heavy atom. The normalized spacial score (nSPS) is 12.5. The lowest BCUT2D eigenvalue weighted by Crippen LogP contribution is -2.33. The van der Waals surface area contributed by atoms with E-state index in [0.29, 0.717) is 17.7 Å². The second-order valence-electron chi connectivity index (χ2n) is 8.95. The van der Waals surface area contributed by atoms with E-state index in [9.17, 15) is 9.90 Å². The standard InChI is InChI=1S/C24H33FN4O3/c1-6-15-11-18(20(25)19(12-15)32-14-24(2,3)13-29(4)5)21(23(30)31)28-17-9-7-16(8-10-17)22(26)27/h7-12,21,28H,6,13-14H2,1-5H3,(H3,26,27)(H,30,31)/t21-/m1/s1. The van der Waals surface area contributed by atoms with Gasteiger partial charge < -0.3 is 25.8 Å². The van der Waals surface area contributed by atoms with Gasteiger partial charge in [0.25, 0.3) is 0 Å². The van der Waals surface area contributed by atoms with Crippen LogP contribution in [0.4, 0.5) is 10.1 Å². The number of hydrogen-bond acceptors (Lipinski definition) is 5. The van der Waals surface area contributed by atoms with Crippen molar-refractivity contribution >= 4 is 17.5 Å². The number of rotatable bonds is 11. The number of ether oxygens (including phenoxy) is 1. The molecule has 0 aliphatic heterocycles. The molecule has 2 aromatic carbocycles. The van der Waals surface area contributed by atoms with E-state index < -0.39 is 17.8 Å². The van der Waals surface area contributed by atoms with Crippen LogP contribution in [0.3, 0.4) is 0 Å². The number of aliphatic carboxylic acids is 1. The molecule has 32 heavy (non-hydrogen) atoms. The van der Waals surface area contributed by atoms with Crippen LogP contribution in [0.25, 0.3) is 0 Å². The first-order chi connectivity index (χ1) is 14.9. The summed E-state index contributed by atoms with van der Waals surface area (Å²) < 4.78 is 21.3. The number of nitrogen functional groups attached to an aromatic ring is 1. The van der Waals surface area contributed by atoms with Crippen LogP contribution >= 0.6 is 0 Å². The van der Waals surface area contributed by atoms with Crippen LogP contribution in [-0.2, 0) is 11.2 Å². The van der Waals surface area contributed by atoms with Crippen LogP contribution in [-0.4, -0.2) is 49.1 Å². The fourth-order valence-electron chi connectivity index (χ4n) is 3.56. The molecule has 0 aromatic heterocycles. The van der Waals surface area contributed by atoms with E-state index in [1.54, 1.807) is 36.4 Å². The number of hydrogen-bond donors (Lipinski definition) is 4. The molecule has 7 nitrogen and oxygen atoms in total. The van der Waals surface area contributed by atoms with Crippen molar-refractivity contribution in [3.8, 4) is 5.75 Å². The van der Waals surface area contributed by atoms with Crippen LogP contribution in [0.1, 0.15) is 43.5 Å². The van der Waals surface area contributed by atoms with Crippen LogP contribution in [0.2, 0.25) is 0 Å². The molecule has 0 saturated heterocycles. The van der Waals surface area contributed by atoms with Gasteiger partial charge in [-0.1, -0.05) is 20.8 Å². The largest absolute Gasteiger partial charge is 0.490 e. The third kappa shape index (κ3) is 6.68. The highest BCUT2D eigenvalue weighted by Crippen LogP contribution is 2.31.